The van der Waals surface area contributed by atoms with E-state index in [4.69, 9.17) is 0 Å². The third-order valence-electron chi connectivity index (χ3n) is 4.69. The molecule has 2 atom stereocenters. The van der Waals surface area contributed by atoms with Crippen LogP contribution >= 0.6 is 0 Å². The minimum atomic E-state index is 0.0629. The lowest BCUT2D eigenvalue weighted by Crippen LogP contribution is -2.35. The predicted molar refractivity (Wildman–Crippen MR) is 90.5 cm³/mol. The first-order valence-corrected chi connectivity index (χ1v) is 8.17. The summed E-state index contributed by atoms with van der Waals surface area (Å²) >= 11 is 0. The lowest BCUT2D eigenvalue weighted by atomic mass is 10.1. The zero-order chi connectivity index (χ0) is 16.7. The van der Waals surface area contributed by atoms with Crippen molar-refractivity contribution in [3.8, 4) is 0 Å². The second kappa shape index (κ2) is 5.92. The molecule has 2 aromatic heterocycles. The van der Waals surface area contributed by atoms with Crippen molar-refractivity contribution in [1.29, 1.82) is 0 Å². The first kappa shape index (κ1) is 15.9. The molecule has 0 spiro atoms. The van der Waals surface area contributed by atoms with E-state index >= 15 is 0 Å². The molecule has 0 N–H and O–H groups in total. The first-order valence-electron chi connectivity index (χ1n) is 8.17. The molecule has 1 saturated heterocycles. The largest absolute Gasteiger partial charge is 0.337 e. The van der Waals surface area contributed by atoms with Crippen molar-refractivity contribution in [2.75, 3.05) is 27.2 Å². The molecule has 0 saturated carbocycles. The second-order valence-corrected chi connectivity index (χ2v) is 7.04. The maximum atomic E-state index is 12.8. The lowest BCUT2D eigenvalue weighted by Gasteiger charge is -2.22. The fourth-order valence-electron chi connectivity index (χ4n) is 3.41. The van der Waals surface area contributed by atoms with Gasteiger partial charge in [0.25, 0.3) is 5.91 Å². The standard InChI is InChI=1S/C17H25N5O/c1-11(2)22-16-13(8-19-22)6-14(7-18-16)17(23)21-9-12(3)15(10-21)20(4)5/h6-8,11-12,15H,9-10H2,1-5H3/t12-,15+/m1/s1. The summed E-state index contributed by atoms with van der Waals surface area (Å²) in [5, 5.41) is 5.28. The van der Waals surface area contributed by atoms with Gasteiger partial charge in [-0.15, -0.1) is 0 Å². The number of pyridine rings is 1. The molecule has 0 radical (unpaired) electrons. The van der Waals surface area contributed by atoms with Crippen molar-refractivity contribution >= 4 is 16.9 Å². The molecule has 0 aromatic carbocycles. The number of rotatable bonds is 3. The number of nitrogens with zero attached hydrogens (tertiary/aromatic N) is 5. The van der Waals surface area contributed by atoms with Crippen LogP contribution in [-0.4, -0.2) is 63.7 Å². The van der Waals surface area contributed by atoms with Crippen LogP contribution in [0.25, 0.3) is 11.0 Å². The molecule has 0 unspecified atom stereocenters. The van der Waals surface area contributed by atoms with Crippen LogP contribution < -0.4 is 0 Å². The van der Waals surface area contributed by atoms with Gasteiger partial charge < -0.3 is 9.80 Å². The number of fused-ring (bicyclic) bond motifs is 1. The van der Waals surface area contributed by atoms with Gasteiger partial charge in [0.1, 0.15) is 0 Å². The summed E-state index contributed by atoms with van der Waals surface area (Å²) < 4.78 is 1.88. The maximum Gasteiger partial charge on any atom is 0.255 e. The first-order chi connectivity index (χ1) is 10.9. The molecule has 1 aliphatic rings. The Hall–Kier alpha value is -1.95. The van der Waals surface area contributed by atoms with Crippen molar-refractivity contribution in [3.05, 3.63) is 24.0 Å². The number of hydrogen-bond acceptors (Lipinski definition) is 4. The highest BCUT2D eigenvalue weighted by atomic mass is 16.2. The van der Waals surface area contributed by atoms with Crippen LogP contribution in [0.5, 0.6) is 0 Å². The summed E-state index contributed by atoms with van der Waals surface area (Å²) in [5.41, 5.74) is 1.48. The summed E-state index contributed by atoms with van der Waals surface area (Å²) in [4.78, 5) is 21.4. The number of hydrogen-bond donors (Lipinski definition) is 0. The van der Waals surface area contributed by atoms with Crippen molar-refractivity contribution in [3.63, 3.8) is 0 Å². The molecule has 23 heavy (non-hydrogen) atoms. The average Bonchev–Trinajstić information content (AvgIpc) is 3.09. The monoisotopic (exact) mass is 315 g/mol. The van der Waals surface area contributed by atoms with Crippen LogP contribution in [0.2, 0.25) is 0 Å². The smallest absolute Gasteiger partial charge is 0.255 e. The van der Waals surface area contributed by atoms with Crippen LogP contribution in [0, 0.1) is 5.92 Å². The Morgan fingerprint density at radius 1 is 1.30 bits per heavy atom. The van der Waals surface area contributed by atoms with Crippen molar-refractivity contribution in [2.24, 2.45) is 5.92 Å². The Morgan fingerprint density at radius 2 is 2.04 bits per heavy atom. The summed E-state index contributed by atoms with van der Waals surface area (Å²) in [6, 6.07) is 2.57. The molecule has 0 bridgehead atoms. The molecule has 1 fully saturated rings. The topological polar surface area (TPSA) is 54.3 Å². The van der Waals surface area contributed by atoms with E-state index in [0.717, 1.165) is 24.1 Å². The third kappa shape index (κ3) is 2.83. The molecule has 3 heterocycles. The van der Waals surface area contributed by atoms with Gasteiger partial charge in [0.2, 0.25) is 0 Å². The highest BCUT2D eigenvalue weighted by molar-refractivity contribution is 5.97. The van der Waals surface area contributed by atoms with Crippen LogP contribution in [0.1, 0.15) is 37.2 Å². The van der Waals surface area contributed by atoms with Gasteiger partial charge in [0.05, 0.1) is 11.8 Å². The number of likely N-dealkylation sites (tertiary alicyclic amines) is 1. The third-order valence-corrected chi connectivity index (χ3v) is 4.69. The van der Waals surface area contributed by atoms with E-state index in [-0.39, 0.29) is 11.9 Å². The highest BCUT2D eigenvalue weighted by Gasteiger charge is 2.34. The number of amides is 1. The van der Waals surface area contributed by atoms with Crippen molar-refractivity contribution < 1.29 is 4.79 Å². The molecule has 0 aliphatic carbocycles. The Bertz CT molecular complexity index is 721. The number of carbonyl (C=O) groups excluding carboxylic acids is 1. The summed E-state index contributed by atoms with van der Waals surface area (Å²) in [7, 11) is 4.14. The van der Waals surface area contributed by atoms with Crippen LogP contribution in [0.15, 0.2) is 18.5 Å². The fraction of sp³-hybridized carbons (Fsp3) is 0.588. The van der Waals surface area contributed by atoms with Gasteiger partial charge in [-0.1, -0.05) is 6.92 Å². The normalized spacial score (nSPS) is 21.8. The van der Waals surface area contributed by atoms with Gasteiger partial charge >= 0.3 is 0 Å². The van der Waals surface area contributed by atoms with Gasteiger partial charge in [-0.3, -0.25) is 4.79 Å². The van der Waals surface area contributed by atoms with E-state index in [1.165, 1.54) is 0 Å². The summed E-state index contributed by atoms with van der Waals surface area (Å²) in [5.74, 6) is 0.544. The van der Waals surface area contributed by atoms with Crippen molar-refractivity contribution in [2.45, 2.75) is 32.9 Å². The summed E-state index contributed by atoms with van der Waals surface area (Å²) in [6.45, 7) is 7.91. The quantitative estimate of drug-likeness (QED) is 0.870. The van der Waals surface area contributed by atoms with E-state index in [0.29, 0.717) is 17.5 Å². The zero-order valence-corrected chi connectivity index (χ0v) is 14.5. The second-order valence-electron chi connectivity index (χ2n) is 7.04. The number of aromatic nitrogens is 3. The molecular formula is C17H25N5O. The SMILES string of the molecule is CC(C)n1ncc2cc(C(=O)N3C[C@@H](C)[C@@H](N(C)C)C3)cnc21. The number of carbonyl (C=O) groups is 1. The molecular weight excluding hydrogens is 290 g/mol. The van der Waals surface area contributed by atoms with Crippen molar-refractivity contribution in [1.82, 2.24) is 24.6 Å². The van der Waals surface area contributed by atoms with E-state index in [9.17, 15) is 4.79 Å². The Kier molecular flexibility index (Phi) is 4.10. The average molecular weight is 315 g/mol. The molecule has 2 aromatic rings. The Morgan fingerprint density at radius 3 is 2.65 bits per heavy atom. The zero-order valence-electron chi connectivity index (χ0n) is 14.5. The minimum Gasteiger partial charge on any atom is -0.337 e. The van der Waals surface area contributed by atoms with Gasteiger partial charge in [0.15, 0.2) is 5.65 Å². The van der Waals surface area contributed by atoms with Crippen LogP contribution in [0.4, 0.5) is 0 Å². The predicted octanol–water partition coefficient (Wildman–Crippen LogP) is 2.03. The molecule has 1 amide bonds. The van der Waals surface area contributed by atoms with Gasteiger partial charge in [0, 0.05) is 36.8 Å². The highest BCUT2D eigenvalue weighted by Crippen LogP contribution is 2.23. The minimum absolute atomic E-state index is 0.0629. The van der Waals surface area contributed by atoms with E-state index in [1.54, 1.807) is 12.4 Å². The van der Waals surface area contributed by atoms with E-state index in [1.807, 2.05) is 15.6 Å². The lowest BCUT2D eigenvalue weighted by molar-refractivity contribution is 0.0781. The van der Waals surface area contributed by atoms with Gasteiger partial charge in [-0.05, 0) is 39.9 Å². The maximum absolute atomic E-state index is 12.8. The van der Waals surface area contributed by atoms with E-state index < -0.39 is 0 Å². The molecule has 6 heteroatoms. The van der Waals surface area contributed by atoms with Gasteiger partial charge in [-0.25, -0.2) is 9.67 Å². The Labute approximate surface area is 137 Å². The van der Waals surface area contributed by atoms with Crippen LogP contribution in [0.3, 0.4) is 0 Å². The molecule has 124 valence electrons. The van der Waals surface area contributed by atoms with Crippen LogP contribution in [-0.2, 0) is 0 Å². The molecule has 6 nitrogen and oxygen atoms in total. The molecule has 3 rings (SSSR count). The van der Waals surface area contributed by atoms with E-state index in [2.05, 4.69) is 49.8 Å². The summed E-state index contributed by atoms with van der Waals surface area (Å²) in [6.07, 6.45) is 3.47. The Balaban J connectivity index is 1.85. The molecule has 1 aliphatic heterocycles. The van der Waals surface area contributed by atoms with Gasteiger partial charge in [-0.2, -0.15) is 5.10 Å². The number of likely N-dealkylation sites (N-methyl/N-ethyl adjacent to an activating group) is 1. The fourth-order valence-corrected chi connectivity index (χ4v) is 3.41.